The number of rotatable bonds is 5. The van der Waals surface area contributed by atoms with Crippen molar-refractivity contribution >= 4 is 26.7 Å². The Morgan fingerprint density at radius 3 is 2.03 bits per heavy atom. The molecule has 0 amide bonds. The van der Waals surface area contributed by atoms with Crippen LogP contribution in [0.3, 0.4) is 0 Å². The van der Waals surface area contributed by atoms with Gasteiger partial charge in [-0.25, -0.2) is 8.42 Å². The van der Waals surface area contributed by atoms with Crippen LogP contribution in [0.4, 0.5) is 5.69 Å². The van der Waals surface area contributed by atoms with Crippen molar-refractivity contribution in [2.24, 2.45) is 0 Å². The number of benzene rings is 3. The summed E-state index contributed by atoms with van der Waals surface area (Å²) in [7, 11) is -3.90. The molecule has 0 aliphatic carbocycles. The van der Waals surface area contributed by atoms with Crippen LogP contribution in [0.25, 0.3) is 11.0 Å². The third kappa shape index (κ3) is 4.04. The molecule has 0 unspecified atom stereocenters. The average molecular weight is 409 g/mol. The van der Waals surface area contributed by atoms with Gasteiger partial charge >= 0.3 is 11.1 Å². The van der Waals surface area contributed by atoms with Crippen molar-refractivity contribution in [1.82, 2.24) is 9.97 Å². The number of aromatic amines is 2. The zero-order valence-electron chi connectivity index (χ0n) is 14.9. The fourth-order valence-corrected chi connectivity index (χ4v) is 3.78. The second-order valence-electron chi connectivity index (χ2n) is 6.16. The number of aromatic nitrogens is 2. The molecule has 0 aliphatic rings. The smallest absolute Gasteiger partial charge is 0.314 e. The summed E-state index contributed by atoms with van der Waals surface area (Å²) in [5.74, 6) is 1.23. The largest absolute Gasteiger partial charge is 0.457 e. The van der Waals surface area contributed by atoms with Crippen LogP contribution in [0, 0.1) is 0 Å². The monoisotopic (exact) mass is 409 g/mol. The molecule has 4 aromatic rings. The number of H-pyrrole nitrogens is 2. The van der Waals surface area contributed by atoms with Gasteiger partial charge < -0.3 is 14.7 Å². The molecule has 0 saturated carbocycles. The molecular weight excluding hydrogens is 394 g/mol. The number of nitrogens with one attached hydrogen (secondary N) is 3. The second-order valence-corrected chi connectivity index (χ2v) is 7.84. The Morgan fingerprint density at radius 2 is 1.34 bits per heavy atom. The molecule has 8 nitrogen and oxygen atoms in total. The molecular formula is C20H15N3O5S. The minimum atomic E-state index is -3.90. The standard InChI is InChI=1S/C20H15N3O5S/c24-19-20(25)22-18-12-16(10-11-17(18)21-19)29(26,27)23-13-6-8-15(9-7-13)28-14-4-2-1-3-5-14/h1-12,23H,(H,21,24)(H,22,25). The van der Waals surface area contributed by atoms with E-state index in [1.165, 1.54) is 18.2 Å². The Morgan fingerprint density at radius 1 is 0.724 bits per heavy atom. The maximum atomic E-state index is 12.7. The van der Waals surface area contributed by atoms with Crippen LogP contribution in [-0.4, -0.2) is 18.4 Å². The van der Waals surface area contributed by atoms with E-state index in [0.717, 1.165) is 0 Å². The number of hydrogen-bond donors (Lipinski definition) is 3. The minimum Gasteiger partial charge on any atom is -0.457 e. The molecule has 3 N–H and O–H groups in total. The summed E-state index contributed by atoms with van der Waals surface area (Å²) < 4.78 is 33.5. The third-order valence-corrected chi connectivity index (χ3v) is 5.47. The SMILES string of the molecule is O=c1[nH]c2ccc(S(=O)(=O)Nc3ccc(Oc4ccccc4)cc3)cc2[nH]c1=O. The highest BCUT2D eigenvalue weighted by molar-refractivity contribution is 7.92. The van der Waals surface area contributed by atoms with Crippen LogP contribution in [0.2, 0.25) is 0 Å². The highest BCUT2D eigenvalue weighted by atomic mass is 32.2. The van der Waals surface area contributed by atoms with Crippen LogP contribution in [0.5, 0.6) is 11.5 Å². The summed E-state index contributed by atoms with van der Waals surface area (Å²) >= 11 is 0. The molecule has 0 radical (unpaired) electrons. The van der Waals surface area contributed by atoms with E-state index in [2.05, 4.69) is 14.7 Å². The van der Waals surface area contributed by atoms with E-state index in [1.807, 2.05) is 30.3 Å². The summed E-state index contributed by atoms with van der Waals surface area (Å²) in [6.07, 6.45) is 0. The summed E-state index contributed by atoms with van der Waals surface area (Å²) in [4.78, 5) is 27.5. The lowest BCUT2D eigenvalue weighted by Crippen LogP contribution is -2.29. The third-order valence-electron chi connectivity index (χ3n) is 4.09. The predicted molar refractivity (Wildman–Crippen MR) is 109 cm³/mol. The van der Waals surface area contributed by atoms with E-state index < -0.39 is 21.1 Å². The number of anilines is 1. The highest BCUT2D eigenvalue weighted by Gasteiger charge is 2.15. The van der Waals surface area contributed by atoms with Crippen molar-refractivity contribution in [2.75, 3.05) is 4.72 Å². The van der Waals surface area contributed by atoms with Crippen molar-refractivity contribution in [3.63, 3.8) is 0 Å². The van der Waals surface area contributed by atoms with Crippen molar-refractivity contribution in [1.29, 1.82) is 0 Å². The Bertz CT molecular complexity index is 1390. The van der Waals surface area contributed by atoms with Gasteiger partial charge in [-0.05, 0) is 54.6 Å². The molecule has 29 heavy (non-hydrogen) atoms. The molecule has 146 valence electrons. The Hall–Kier alpha value is -3.85. The molecule has 0 bridgehead atoms. The van der Waals surface area contributed by atoms with Crippen LogP contribution in [-0.2, 0) is 10.0 Å². The number of fused-ring (bicyclic) bond motifs is 1. The van der Waals surface area contributed by atoms with E-state index in [1.54, 1.807) is 24.3 Å². The van der Waals surface area contributed by atoms with Crippen molar-refractivity contribution in [3.05, 3.63) is 93.5 Å². The van der Waals surface area contributed by atoms with E-state index in [9.17, 15) is 18.0 Å². The lowest BCUT2D eigenvalue weighted by molar-refractivity contribution is 0.483. The van der Waals surface area contributed by atoms with E-state index in [4.69, 9.17) is 4.74 Å². The maximum absolute atomic E-state index is 12.7. The normalized spacial score (nSPS) is 11.3. The molecule has 0 saturated heterocycles. The zero-order chi connectivity index (χ0) is 20.4. The maximum Gasteiger partial charge on any atom is 0.314 e. The van der Waals surface area contributed by atoms with Gasteiger partial charge in [0, 0.05) is 5.69 Å². The first kappa shape index (κ1) is 18.5. The molecule has 0 fully saturated rings. The lowest BCUT2D eigenvalue weighted by Gasteiger charge is -2.10. The molecule has 0 atom stereocenters. The predicted octanol–water partition coefficient (Wildman–Crippen LogP) is 2.81. The van der Waals surface area contributed by atoms with Crippen molar-refractivity contribution in [2.45, 2.75) is 4.90 Å². The number of para-hydroxylation sites is 1. The minimum absolute atomic E-state index is 0.0580. The highest BCUT2D eigenvalue weighted by Crippen LogP contribution is 2.24. The molecule has 3 aromatic carbocycles. The van der Waals surface area contributed by atoms with Gasteiger partial charge in [0.1, 0.15) is 11.5 Å². The number of ether oxygens (including phenoxy) is 1. The summed E-state index contributed by atoms with van der Waals surface area (Å²) in [5, 5.41) is 0. The number of sulfonamides is 1. The quantitative estimate of drug-likeness (QED) is 0.438. The van der Waals surface area contributed by atoms with E-state index >= 15 is 0 Å². The Labute approximate surface area is 164 Å². The topological polar surface area (TPSA) is 121 Å². The van der Waals surface area contributed by atoms with Gasteiger partial charge in [-0.15, -0.1) is 0 Å². The van der Waals surface area contributed by atoms with Gasteiger partial charge in [0.05, 0.1) is 15.9 Å². The van der Waals surface area contributed by atoms with E-state index in [-0.39, 0.29) is 10.4 Å². The molecule has 4 rings (SSSR count). The Kier molecular flexibility index (Phi) is 4.65. The van der Waals surface area contributed by atoms with Gasteiger partial charge in [0.2, 0.25) is 0 Å². The number of hydrogen-bond acceptors (Lipinski definition) is 5. The van der Waals surface area contributed by atoms with E-state index in [0.29, 0.717) is 22.7 Å². The van der Waals surface area contributed by atoms with Gasteiger partial charge in [0.25, 0.3) is 10.0 Å². The van der Waals surface area contributed by atoms with Crippen molar-refractivity contribution < 1.29 is 13.2 Å². The lowest BCUT2D eigenvalue weighted by atomic mass is 10.3. The molecule has 9 heteroatoms. The molecule has 1 aromatic heterocycles. The molecule has 0 aliphatic heterocycles. The molecule has 0 spiro atoms. The Balaban J connectivity index is 1.56. The fraction of sp³-hybridized carbons (Fsp3) is 0. The van der Waals surface area contributed by atoms with Crippen LogP contribution in [0.1, 0.15) is 0 Å². The van der Waals surface area contributed by atoms with Crippen LogP contribution >= 0.6 is 0 Å². The summed E-state index contributed by atoms with van der Waals surface area (Å²) in [6, 6.07) is 19.7. The molecule has 1 heterocycles. The van der Waals surface area contributed by atoms with Gasteiger partial charge in [-0.2, -0.15) is 0 Å². The van der Waals surface area contributed by atoms with Crippen LogP contribution < -0.4 is 20.6 Å². The zero-order valence-corrected chi connectivity index (χ0v) is 15.7. The second kappa shape index (κ2) is 7.28. The first-order chi connectivity index (χ1) is 13.9. The van der Waals surface area contributed by atoms with Gasteiger partial charge in [0.15, 0.2) is 0 Å². The first-order valence-corrected chi connectivity index (χ1v) is 10.0. The van der Waals surface area contributed by atoms with Gasteiger partial charge in [-0.1, -0.05) is 18.2 Å². The summed E-state index contributed by atoms with van der Waals surface area (Å²) in [6.45, 7) is 0. The van der Waals surface area contributed by atoms with Gasteiger partial charge in [-0.3, -0.25) is 14.3 Å². The van der Waals surface area contributed by atoms with Crippen LogP contribution in [0.15, 0.2) is 87.3 Å². The average Bonchev–Trinajstić information content (AvgIpc) is 2.70. The first-order valence-electron chi connectivity index (χ1n) is 8.53. The van der Waals surface area contributed by atoms with Crippen molar-refractivity contribution in [3.8, 4) is 11.5 Å². The summed E-state index contributed by atoms with van der Waals surface area (Å²) in [5.41, 5.74) is -0.765. The fourth-order valence-electron chi connectivity index (χ4n) is 2.69.